The van der Waals surface area contributed by atoms with Gasteiger partial charge in [0, 0.05) is 15.7 Å². The normalized spacial score (nSPS) is 18.1. The summed E-state index contributed by atoms with van der Waals surface area (Å²) in [5, 5.41) is 13.1. The molecule has 1 saturated heterocycles. The van der Waals surface area contributed by atoms with Crippen molar-refractivity contribution in [3.8, 4) is 11.5 Å². The minimum atomic E-state index is -0.774. The molecule has 0 radical (unpaired) electrons. The van der Waals surface area contributed by atoms with Crippen LogP contribution in [0.15, 0.2) is 46.3 Å². The molecule has 3 aromatic rings. The largest absolute Gasteiger partial charge is 0.493 e. The maximum absolute atomic E-state index is 12.0. The number of hydrogen-bond donors (Lipinski definition) is 1. The molecule has 152 valence electrons. The first-order valence-corrected chi connectivity index (χ1v) is 11.1. The molecule has 1 aromatic heterocycles. The van der Waals surface area contributed by atoms with E-state index in [1.165, 1.54) is 4.70 Å². The Kier molecular flexibility index (Phi) is 5.81. The Balaban J connectivity index is 1.93. The van der Waals surface area contributed by atoms with E-state index in [4.69, 9.17) is 9.47 Å². The van der Waals surface area contributed by atoms with Crippen molar-refractivity contribution in [2.45, 2.75) is 24.9 Å². The second-order valence-corrected chi connectivity index (χ2v) is 8.82. The van der Waals surface area contributed by atoms with Crippen LogP contribution in [0.4, 0.5) is 0 Å². The van der Waals surface area contributed by atoms with Gasteiger partial charge in [-0.1, -0.05) is 34.1 Å². The number of thiophene rings is 1. The van der Waals surface area contributed by atoms with E-state index in [-0.39, 0.29) is 6.04 Å². The molecule has 0 amide bonds. The molecule has 0 saturated carbocycles. The molecule has 29 heavy (non-hydrogen) atoms. The number of fused-ring (bicyclic) bond motifs is 1. The molecular weight excluding hydrogens is 454 g/mol. The van der Waals surface area contributed by atoms with Crippen LogP contribution in [0.25, 0.3) is 10.1 Å². The Hall–Kier alpha value is -2.09. The highest BCUT2D eigenvalue weighted by Crippen LogP contribution is 2.45. The maximum atomic E-state index is 12.0. The fourth-order valence-corrected chi connectivity index (χ4v) is 5.70. The van der Waals surface area contributed by atoms with Crippen LogP contribution in [-0.4, -0.2) is 42.8 Å². The summed E-state index contributed by atoms with van der Waals surface area (Å²) in [6.07, 6.45) is 1.51. The second-order valence-electron chi connectivity index (χ2n) is 7.05. The summed E-state index contributed by atoms with van der Waals surface area (Å²) in [5.74, 6) is 0.484. The summed E-state index contributed by atoms with van der Waals surface area (Å²) in [5.41, 5.74) is 2.09. The second kappa shape index (κ2) is 8.34. The number of carboxylic acid groups (broad SMARTS) is 1. The Morgan fingerprint density at radius 2 is 1.93 bits per heavy atom. The Morgan fingerprint density at radius 3 is 2.66 bits per heavy atom. The van der Waals surface area contributed by atoms with E-state index >= 15 is 0 Å². The summed E-state index contributed by atoms with van der Waals surface area (Å²) in [6, 6.07) is 11.4. The molecule has 1 N–H and O–H groups in total. The van der Waals surface area contributed by atoms with Gasteiger partial charge in [0.15, 0.2) is 11.5 Å². The van der Waals surface area contributed by atoms with Crippen LogP contribution < -0.4 is 9.47 Å². The first kappa shape index (κ1) is 20.2. The number of carboxylic acids is 1. The highest BCUT2D eigenvalue weighted by atomic mass is 79.9. The molecule has 1 aliphatic heterocycles. The zero-order chi connectivity index (χ0) is 20.5. The number of halogens is 1. The van der Waals surface area contributed by atoms with Crippen LogP contribution in [0.2, 0.25) is 0 Å². The lowest BCUT2D eigenvalue weighted by molar-refractivity contribution is -0.142. The number of hydrogen-bond acceptors (Lipinski definition) is 5. The number of aliphatic carboxylic acids is 1. The van der Waals surface area contributed by atoms with Gasteiger partial charge in [0.05, 0.1) is 20.3 Å². The van der Waals surface area contributed by atoms with Gasteiger partial charge >= 0.3 is 5.97 Å². The van der Waals surface area contributed by atoms with Gasteiger partial charge in [-0.05, 0) is 52.9 Å². The smallest absolute Gasteiger partial charge is 0.320 e. The van der Waals surface area contributed by atoms with Crippen molar-refractivity contribution in [3.63, 3.8) is 0 Å². The third-order valence-corrected chi connectivity index (χ3v) is 7.18. The lowest BCUT2D eigenvalue weighted by Gasteiger charge is -2.32. The highest BCUT2D eigenvalue weighted by Gasteiger charge is 2.38. The predicted octanol–water partition coefficient (Wildman–Crippen LogP) is 5.32. The molecule has 5 nitrogen and oxygen atoms in total. The summed E-state index contributed by atoms with van der Waals surface area (Å²) in [4.78, 5) is 14.1. The Labute approximate surface area is 182 Å². The van der Waals surface area contributed by atoms with E-state index in [0.29, 0.717) is 17.9 Å². The van der Waals surface area contributed by atoms with Crippen molar-refractivity contribution in [1.82, 2.24) is 4.90 Å². The van der Waals surface area contributed by atoms with E-state index < -0.39 is 12.0 Å². The first-order chi connectivity index (χ1) is 14.0. The average molecular weight is 476 g/mol. The lowest BCUT2D eigenvalue weighted by atomic mass is 9.95. The first-order valence-electron chi connectivity index (χ1n) is 9.41. The van der Waals surface area contributed by atoms with E-state index in [9.17, 15) is 9.90 Å². The number of nitrogens with zero attached hydrogens (tertiary/aromatic N) is 1. The summed E-state index contributed by atoms with van der Waals surface area (Å²) < 4.78 is 13.0. The Morgan fingerprint density at radius 1 is 1.21 bits per heavy atom. The van der Waals surface area contributed by atoms with Crippen molar-refractivity contribution >= 4 is 43.3 Å². The maximum Gasteiger partial charge on any atom is 0.320 e. The molecule has 1 fully saturated rings. The molecule has 7 heteroatoms. The van der Waals surface area contributed by atoms with Crippen LogP contribution in [0.3, 0.4) is 0 Å². The fourth-order valence-electron chi connectivity index (χ4n) is 4.18. The third kappa shape index (κ3) is 3.63. The van der Waals surface area contributed by atoms with Crippen LogP contribution in [0.1, 0.15) is 30.0 Å². The van der Waals surface area contributed by atoms with Crippen molar-refractivity contribution in [2.75, 3.05) is 20.8 Å². The highest BCUT2D eigenvalue weighted by molar-refractivity contribution is 9.10. The van der Waals surface area contributed by atoms with Crippen LogP contribution in [-0.2, 0) is 4.79 Å². The zero-order valence-corrected chi connectivity index (χ0v) is 18.6. The number of ether oxygens (including phenoxy) is 2. The molecule has 0 bridgehead atoms. The van der Waals surface area contributed by atoms with Gasteiger partial charge in [0.25, 0.3) is 0 Å². The van der Waals surface area contributed by atoms with Gasteiger partial charge in [-0.25, -0.2) is 0 Å². The predicted molar refractivity (Wildman–Crippen MR) is 118 cm³/mol. The van der Waals surface area contributed by atoms with E-state index in [1.54, 1.807) is 25.6 Å². The van der Waals surface area contributed by atoms with E-state index in [2.05, 4.69) is 38.3 Å². The number of rotatable bonds is 6. The monoisotopic (exact) mass is 475 g/mol. The van der Waals surface area contributed by atoms with Gasteiger partial charge in [-0.15, -0.1) is 11.3 Å². The average Bonchev–Trinajstić information content (AvgIpc) is 3.37. The van der Waals surface area contributed by atoms with Gasteiger partial charge in [-0.3, -0.25) is 9.69 Å². The summed E-state index contributed by atoms with van der Waals surface area (Å²) in [6.45, 7) is 0.729. The molecule has 2 unspecified atom stereocenters. The van der Waals surface area contributed by atoms with Crippen LogP contribution >= 0.6 is 27.3 Å². The number of methoxy groups -OCH3 is 2. The number of benzene rings is 2. The van der Waals surface area contributed by atoms with Crippen molar-refractivity contribution in [3.05, 3.63) is 57.4 Å². The topological polar surface area (TPSA) is 59.0 Å². The standard InChI is InChI=1S/C22H22BrNO4S/c1-27-18-10-14(16(23)11-19(18)28-2)21(24-9-5-7-17(24)22(25)26)15-12-29-20-8-4-3-6-13(15)20/h3-4,6,8,10-12,17,21H,5,7,9H2,1-2H3,(H,25,26). The minimum Gasteiger partial charge on any atom is -0.493 e. The minimum absolute atomic E-state index is 0.205. The van der Waals surface area contributed by atoms with Crippen LogP contribution in [0, 0.1) is 0 Å². The third-order valence-electron chi connectivity index (χ3n) is 5.51. The van der Waals surface area contributed by atoms with Crippen LogP contribution in [0.5, 0.6) is 11.5 Å². The number of carbonyl (C=O) groups is 1. The molecule has 0 spiro atoms. The molecular formula is C22H22BrNO4S. The molecule has 2 atom stereocenters. The van der Waals surface area contributed by atoms with E-state index in [1.807, 2.05) is 24.3 Å². The van der Waals surface area contributed by atoms with E-state index in [0.717, 1.165) is 34.0 Å². The molecule has 0 aliphatic carbocycles. The SMILES string of the molecule is COc1cc(Br)c(C(c2csc3ccccc23)N2CCCC2C(=O)O)cc1OC. The summed E-state index contributed by atoms with van der Waals surface area (Å²) >= 11 is 5.38. The van der Waals surface area contributed by atoms with Gasteiger partial charge < -0.3 is 14.6 Å². The summed E-state index contributed by atoms with van der Waals surface area (Å²) in [7, 11) is 3.22. The fraction of sp³-hybridized carbons (Fsp3) is 0.318. The van der Waals surface area contributed by atoms with Crippen molar-refractivity contribution in [2.24, 2.45) is 0 Å². The van der Waals surface area contributed by atoms with Gasteiger partial charge in [-0.2, -0.15) is 0 Å². The number of likely N-dealkylation sites (tertiary alicyclic amines) is 1. The van der Waals surface area contributed by atoms with Gasteiger partial charge in [0.1, 0.15) is 6.04 Å². The van der Waals surface area contributed by atoms with Crippen molar-refractivity contribution in [1.29, 1.82) is 0 Å². The zero-order valence-electron chi connectivity index (χ0n) is 16.2. The van der Waals surface area contributed by atoms with Crippen molar-refractivity contribution < 1.29 is 19.4 Å². The molecule has 1 aliphatic rings. The molecule has 4 rings (SSSR count). The Bertz CT molecular complexity index is 1050. The lowest BCUT2D eigenvalue weighted by Crippen LogP contribution is -2.39. The quantitative estimate of drug-likeness (QED) is 0.522. The molecule has 2 aromatic carbocycles. The van der Waals surface area contributed by atoms with Gasteiger partial charge in [0.2, 0.25) is 0 Å². The molecule has 2 heterocycles.